The first-order valence-electron chi connectivity index (χ1n) is 6.80. The molecule has 1 heterocycles. The molecule has 1 N–H and O–H groups in total. The van der Waals surface area contributed by atoms with Crippen LogP contribution in [0.5, 0.6) is 0 Å². The number of benzene rings is 1. The van der Waals surface area contributed by atoms with E-state index in [1.165, 1.54) is 6.92 Å². The van der Waals surface area contributed by atoms with E-state index in [1.807, 2.05) is 12.1 Å². The third kappa shape index (κ3) is 3.17. The summed E-state index contributed by atoms with van der Waals surface area (Å²) in [5.74, 6) is -1.08. The molecule has 0 unspecified atom stereocenters. The predicted molar refractivity (Wildman–Crippen MR) is 85.5 cm³/mol. The molecule has 0 aliphatic carbocycles. The smallest absolute Gasteiger partial charge is 0.307 e. The number of ketones is 1. The molecule has 0 spiro atoms. The van der Waals surface area contributed by atoms with Crippen molar-refractivity contribution in [2.45, 2.75) is 27.2 Å². The molecule has 0 amide bonds. The highest BCUT2D eigenvalue weighted by molar-refractivity contribution is 6.30. The van der Waals surface area contributed by atoms with Crippen LogP contribution in [0.4, 0.5) is 0 Å². The van der Waals surface area contributed by atoms with E-state index in [2.05, 4.69) is 4.98 Å². The summed E-state index contributed by atoms with van der Waals surface area (Å²) in [6, 6.07) is 7.12. The highest BCUT2D eigenvalue weighted by atomic mass is 35.5. The van der Waals surface area contributed by atoms with Gasteiger partial charge in [0.15, 0.2) is 5.78 Å². The minimum atomic E-state index is -0.935. The van der Waals surface area contributed by atoms with E-state index in [0.29, 0.717) is 27.5 Å². The number of carboxylic acids is 1. The number of hydrogen-bond acceptors (Lipinski definition) is 3. The third-order valence-electron chi connectivity index (χ3n) is 3.54. The van der Waals surface area contributed by atoms with Gasteiger partial charge >= 0.3 is 5.97 Å². The van der Waals surface area contributed by atoms with Crippen LogP contribution in [0.2, 0.25) is 5.02 Å². The van der Waals surface area contributed by atoms with Crippen LogP contribution < -0.4 is 0 Å². The number of aliphatic carboxylic acids is 1. The average molecular weight is 318 g/mol. The highest BCUT2D eigenvalue weighted by Crippen LogP contribution is 2.32. The molecule has 4 nitrogen and oxygen atoms in total. The van der Waals surface area contributed by atoms with Crippen molar-refractivity contribution in [2.75, 3.05) is 0 Å². The van der Waals surface area contributed by atoms with Gasteiger partial charge in [-0.3, -0.25) is 9.59 Å². The highest BCUT2D eigenvalue weighted by Gasteiger charge is 2.20. The maximum absolute atomic E-state index is 11.8. The van der Waals surface area contributed by atoms with Gasteiger partial charge in [0.05, 0.1) is 6.42 Å². The second kappa shape index (κ2) is 6.28. The van der Waals surface area contributed by atoms with E-state index < -0.39 is 5.97 Å². The lowest BCUT2D eigenvalue weighted by Crippen LogP contribution is -2.11. The van der Waals surface area contributed by atoms with E-state index in [-0.39, 0.29) is 12.2 Å². The Labute approximate surface area is 133 Å². The molecule has 114 valence electrons. The van der Waals surface area contributed by atoms with Crippen LogP contribution in [0, 0.1) is 13.8 Å². The van der Waals surface area contributed by atoms with Gasteiger partial charge in [-0.1, -0.05) is 23.7 Å². The van der Waals surface area contributed by atoms with Crippen molar-refractivity contribution in [3.05, 3.63) is 51.8 Å². The van der Waals surface area contributed by atoms with E-state index >= 15 is 0 Å². The van der Waals surface area contributed by atoms with Crippen LogP contribution in [-0.4, -0.2) is 21.8 Å². The van der Waals surface area contributed by atoms with Gasteiger partial charge in [-0.15, -0.1) is 0 Å². The van der Waals surface area contributed by atoms with E-state index in [4.69, 9.17) is 16.7 Å². The fraction of sp³-hybridized carbons (Fsp3) is 0.235. The molecule has 0 saturated carbocycles. The predicted octanol–water partition coefficient (Wildman–Crippen LogP) is 3.85. The molecule has 1 aromatic heterocycles. The van der Waals surface area contributed by atoms with Gasteiger partial charge in [0.2, 0.25) is 0 Å². The van der Waals surface area contributed by atoms with E-state index in [0.717, 1.165) is 11.1 Å². The molecular formula is C17H16ClNO3. The molecule has 22 heavy (non-hydrogen) atoms. The second-order valence-electron chi connectivity index (χ2n) is 5.16. The van der Waals surface area contributed by atoms with E-state index in [1.54, 1.807) is 26.0 Å². The number of rotatable bonds is 4. The lowest BCUT2D eigenvalue weighted by Gasteiger charge is -2.17. The first kappa shape index (κ1) is 16.2. The van der Waals surface area contributed by atoms with Gasteiger partial charge in [0, 0.05) is 17.6 Å². The zero-order valence-electron chi connectivity index (χ0n) is 12.6. The fourth-order valence-corrected chi connectivity index (χ4v) is 2.69. The van der Waals surface area contributed by atoms with Crippen molar-refractivity contribution in [2.24, 2.45) is 0 Å². The first-order chi connectivity index (χ1) is 10.3. The number of halogens is 1. The summed E-state index contributed by atoms with van der Waals surface area (Å²) in [6.45, 7) is 4.97. The monoisotopic (exact) mass is 317 g/mol. The Morgan fingerprint density at radius 3 is 2.27 bits per heavy atom. The molecule has 0 aliphatic heterocycles. The molecule has 0 saturated heterocycles. The second-order valence-corrected chi connectivity index (χ2v) is 5.59. The number of hydrogen-bond donors (Lipinski definition) is 1. The summed E-state index contributed by atoms with van der Waals surface area (Å²) in [5.41, 5.74) is 3.82. The van der Waals surface area contributed by atoms with Crippen molar-refractivity contribution in [1.82, 2.24) is 4.98 Å². The van der Waals surface area contributed by atoms with Crippen LogP contribution in [0.3, 0.4) is 0 Å². The summed E-state index contributed by atoms with van der Waals surface area (Å²) >= 11 is 5.92. The van der Waals surface area contributed by atoms with Crippen LogP contribution in [0.25, 0.3) is 11.1 Å². The maximum atomic E-state index is 11.8. The van der Waals surface area contributed by atoms with Crippen molar-refractivity contribution in [3.8, 4) is 11.1 Å². The Hall–Kier alpha value is -2.20. The number of carboxylic acid groups (broad SMARTS) is 1. The maximum Gasteiger partial charge on any atom is 0.307 e. The molecule has 0 bridgehead atoms. The molecule has 1 aromatic carbocycles. The quantitative estimate of drug-likeness (QED) is 0.870. The van der Waals surface area contributed by atoms with Crippen molar-refractivity contribution in [1.29, 1.82) is 0 Å². The van der Waals surface area contributed by atoms with Gasteiger partial charge in [-0.05, 0) is 48.2 Å². The Bertz CT molecular complexity index is 751. The van der Waals surface area contributed by atoms with Gasteiger partial charge in [0.25, 0.3) is 0 Å². The molecule has 0 radical (unpaired) electrons. The fourth-order valence-electron chi connectivity index (χ4n) is 2.56. The number of aryl methyl sites for hydroxylation is 1. The molecular weight excluding hydrogens is 302 g/mol. The molecule has 2 rings (SSSR count). The van der Waals surface area contributed by atoms with Gasteiger partial charge in [0.1, 0.15) is 5.69 Å². The first-order valence-corrected chi connectivity index (χ1v) is 7.17. The Morgan fingerprint density at radius 2 is 1.77 bits per heavy atom. The Morgan fingerprint density at radius 1 is 1.18 bits per heavy atom. The lowest BCUT2D eigenvalue weighted by atomic mass is 9.91. The number of carbonyl (C=O) groups excluding carboxylic acids is 1. The van der Waals surface area contributed by atoms with Crippen LogP contribution in [0.15, 0.2) is 24.3 Å². The van der Waals surface area contributed by atoms with E-state index in [9.17, 15) is 9.59 Å². The number of pyridine rings is 1. The molecule has 2 aromatic rings. The standard InChI is InChI=1S/C17H16ClNO3/c1-9-16(12-4-6-13(18)7-5-12)14(8-15(21)22)10(2)19-17(9)11(3)20/h4-7H,8H2,1-3H3,(H,21,22). The topological polar surface area (TPSA) is 67.3 Å². The minimum absolute atomic E-state index is 0.141. The summed E-state index contributed by atoms with van der Waals surface area (Å²) in [6.07, 6.45) is -0.143. The summed E-state index contributed by atoms with van der Waals surface area (Å²) in [4.78, 5) is 27.3. The van der Waals surface area contributed by atoms with Gasteiger partial charge < -0.3 is 5.11 Å². The zero-order chi connectivity index (χ0) is 16.4. The minimum Gasteiger partial charge on any atom is -0.481 e. The molecule has 0 atom stereocenters. The SMILES string of the molecule is CC(=O)c1nc(C)c(CC(=O)O)c(-c2ccc(Cl)cc2)c1C. The molecule has 0 fully saturated rings. The number of Topliss-reactive ketones (excluding diaryl/α,β-unsaturated/α-hetero) is 1. The number of aromatic nitrogens is 1. The van der Waals surface area contributed by atoms with Crippen LogP contribution in [0.1, 0.15) is 34.2 Å². The third-order valence-corrected chi connectivity index (χ3v) is 3.79. The normalized spacial score (nSPS) is 10.5. The molecule has 5 heteroatoms. The lowest BCUT2D eigenvalue weighted by molar-refractivity contribution is -0.136. The molecule has 0 aliphatic rings. The van der Waals surface area contributed by atoms with Crippen molar-refractivity contribution < 1.29 is 14.7 Å². The van der Waals surface area contributed by atoms with Crippen LogP contribution >= 0.6 is 11.6 Å². The number of carbonyl (C=O) groups is 2. The summed E-state index contributed by atoms with van der Waals surface area (Å²) in [7, 11) is 0. The Kier molecular flexibility index (Phi) is 4.62. The van der Waals surface area contributed by atoms with Crippen molar-refractivity contribution in [3.63, 3.8) is 0 Å². The Balaban J connectivity index is 2.78. The number of nitrogens with zero attached hydrogens (tertiary/aromatic N) is 1. The van der Waals surface area contributed by atoms with Crippen molar-refractivity contribution >= 4 is 23.4 Å². The van der Waals surface area contributed by atoms with Gasteiger partial charge in [-0.2, -0.15) is 0 Å². The summed E-state index contributed by atoms with van der Waals surface area (Å²) in [5, 5.41) is 9.76. The largest absolute Gasteiger partial charge is 0.481 e. The summed E-state index contributed by atoms with van der Waals surface area (Å²) < 4.78 is 0. The average Bonchev–Trinajstić information content (AvgIpc) is 2.43. The van der Waals surface area contributed by atoms with Gasteiger partial charge in [-0.25, -0.2) is 4.98 Å². The zero-order valence-corrected chi connectivity index (χ0v) is 13.4. The van der Waals surface area contributed by atoms with Crippen LogP contribution in [-0.2, 0) is 11.2 Å².